The molecule has 0 heterocycles. The SMILES string of the molecule is P.[Ge].[Ge].[Ge]. The Labute approximate surface area is 62.4 Å². The van der Waals surface area contributed by atoms with Crippen LogP contribution in [0.1, 0.15) is 0 Å². The molecule has 0 spiro atoms. The Morgan fingerprint density at radius 3 is 0.500 bits per heavy atom. The molecule has 0 saturated carbocycles. The molecule has 0 bridgehead atoms. The van der Waals surface area contributed by atoms with E-state index in [4.69, 9.17) is 0 Å². The summed E-state index contributed by atoms with van der Waals surface area (Å²) >= 11 is 0. The minimum absolute atomic E-state index is 0. The zero-order valence-electron chi connectivity index (χ0n) is 2.21. The molecule has 0 aliphatic rings. The van der Waals surface area contributed by atoms with Crippen molar-refractivity contribution in [3.05, 3.63) is 0 Å². The van der Waals surface area contributed by atoms with E-state index in [9.17, 15) is 0 Å². The minimum Gasteiger partial charge on any atom is -0.153 e. The standard InChI is InChI=1S/3Ge.H3P/h;;;1H3. The van der Waals surface area contributed by atoms with Gasteiger partial charge in [0.25, 0.3) is 0 Å². The van der Waals surface area contributed by atoms with Crippen LogP contribution in [0, 0.1) is 0 Å². The van der Waals surface area contributed by atoms with Crippen LogP contribution in [0.25, 0.3) is 0 Å². The van der Waals surface area contributed by atoms with E-state index in [1.807, 2.05) is 0 Å². The van der Waals surface area contributed by atoms with E-state index < -0.39 is 0 Å². The summed E-state index contributed by atoms with van der Waals surface area (Å²) in [5.74, 6) is 0. The first kappa shape index (κ1) is 36.6. The minimum atomic E-state index is 0. The van der Waals surface area contributed by atoms with Crippen LogP contribution >= 0.6 is 9.90 Å². The van der Waals surface area contributed by atoms with Gasteiger partial charge in [0.05, 0.1) is 0 Å². The van der Waals surface area contributed by atoms with E-state index in [1.165, 1.54) is 0 Å². The number of hydrogen-bond donors (Lipinski definition) is 0. The van der Waals surface area contributed by atoms with Crippen LogP contribution in [0.3, 0.4) is 0 Å². The first-order valence-corrected chi connectivity index (χ1v) is 0. The summed E-state index contributed by atoms with van der Waals surface area (Å²) in [5.41, 5.74) is 0. The normalized spacial score (nSPS) is 0. The zero-order valence-corrected chi connectivity index (χ0v) is 9.92. The van der Waals surface area contributed by atoms with Crippen LogP contribution in [0.5, 0.6) is 0 Å². The Hall–Kier alpha value is 2.06. The third-order valence-electron chi connectivity index (χ3n) is 0. The summed E-state index contributed by atoms with van der Waals surface area (Å²) in [4.78, 5) is 0. The maximum atomic E-state index is 0. The largest absolute Gasteiger partial charge is 0.153 e. The van der Waals surface area contributed by atoms with Crippen molar-refractivity contribution in [2.45, 2.75) is 0 Å². The van der Waals surface area contributed by atoms with Crippen molar-refractivity contribution >= 4 is 62.7 Å². The van der Waals surface area contributed by atoms with Gasteiger partial charge in [0.1, 0.15) is 0 Å². The molecule has 1 unspecified atom stereocenters. The predicted octanol–water partition coefficient (Wildman–Crippen LogP) is -1.08. The van der Waals surface area contributed by atoms with Crippen LogP contribution in [-0.2, 0) is 0 Å². The molecule has 0 N–H and O–H groups in total. The molecule has 0 nitrogen and oxygen atoms in total. The summed E-state index contributed by atoms with van der Waals surface area (Å²) in [7, 11) is 0. The third-order valence-corrected chi connectivity index (χ3v) is 0. The van der Waals surface area contributed by atoms with Gasteiger partial charge in [-0.25, -0.2) is 0 Å². The van der Waals surface area contributed by atoms with E-state index >= 15 is 0 Å². The molecule has 0 aromatic carbocycles. The Bertz CT molecular complexity index is 3.25. The van der Waals surface area contributed by atoms with Crippen molar-refractivity contribution in [3.63, 3.8) is 0 Å². The second-order valence-electron chi connectivity index (χ2n) is 0. The molecule has 0 fully saturated rings. The van der Waals surface area contributed by atoms with Crippen LogP contribution < -0.4 is 0 Å². The van der Waals surface area contributed by atoms with Crippen molar-refractivity contribution in [1.82, 2.24) is 0 Å². The monoisotopic (exact) mass is 256 g/mol. The molecule has 20 valence electrons. The molecule has 1 atom stereocenters. The van der Waals surface area contributed by atoms with Gasteiger partial charge in [0.2, 0.25) is 0 Å². The van der Waals surface area contributed by atoms with Crippen LogP contribution in [-0.4, -0.2) is 52.8 Å². The Morgan fingerprint density at radius 1 is 0.500 bits per heavy atom. The van der Waals surface area contributed by atoms with Gasteiger partial charge in [-0.3, -0.25) is 0 Å². The molecule has 0 aliphatic carbocycles. The average Bonchev–Trinajstić information content (AvgIpc) is 0. The summed E-state index contributed by atoms with van der Waals surface area (Å²) in [5, 5.41) is 0. The smallest absolute Gasteiger partial charge is 0 e. The van der Waals surface area contributed by atoms with Crippen molar-refractivity contribution in [1.29, 1.82) is 0 Å². The maximum Gasteiger partial charge on any atom is 0 e. The number of hydrogen-bond acceptors (Lipinski definition) is 0. The zero-order chi connectivity index (χ0) is 0. The summed E-state index contributed by atoms with van der Waals surface area (Å²) < 4.78 is 0. The second-order valence-corrected chi connectivity index (χ2v) is 0. The molecule has 0 aliphatic heterocycles. The van der Waals surface area contributed by atoms with Crippen molar-refractivity contribution in [2.24, 2.45) is 0 Å². The Morgan fingerprint density at radius 2 is 0.500 bits per heavy atom. The van der Waals surface area contributed by atoms with Crippen LogP contribution in [0.2, 0.25) is 0 Å². The van der Waals surface area contributed by atoms with Crippen molar-refractivity contribution in [3.8, 4) is 0 Å². The van der Waals surface area contributed by atoms with Crippen molar-refractivity contribution in [2.75, 3.05) is 0 Å². The van der Waals surface area contributed by atoms with Gasteiger partial charge in [0, 0.05) is 52.8 Å². The predicted molar refractivity (Wildman–Crippen MR) is 28.4 cm³/mol. The molecule has 12 radical (unpaired) electrons. The summed E-state index contributed by atoms with van der Waals surface area (Å²) in [6.07, 6.45) is 0. The molecule has 0 saturated heterocycles. The quantitative estimate of drug-likeness (QED) is 0.380. The van der Waals surface area contributed by atoms with Gasteiger partial charge in [-0.05, 0) is 0 Å². The van der Waals surface area contributed by atoms with Gasteiger partial charge in [-0.2, -0.15) is 9.90 Å². The third kappa shape index (κ3) is 8.96. The van der Waals surface area contributed by atoms with Crippen LogP contribution in [0.4, 0.5) is 0 Å². The van der Waals surface area contributed by atoms with Gasteiger partial charge < -0.3 is 0 Å². The molecule has 0 aromatic rings. The maximum absolute atomic E-state index is 0. The molecular formula is H3Ge3P. The van der Waals surface area contributed by atoms with Gasteiger partial charge in [0.15, 0.2) is 0 Å². The summed E-state index contributed by atoms with van der Waals surface area (Å²) in [6, 6.07) is 0. The number of rotatable bonds is 0. The summed E-state index contributed by atoms with van der Waals surface area (Å²) in [6.45, 7) is 0. The Kier molecular flexibility index (Phi) is 180. The van der Waals surface area contributed by atoms with E-state index in [1.54, 1.807) is 0 Å². The molecule has 4 heavy (non-hydrogen) atoms. The van der Waals surface area contributed by atoms with E-state index in [-0.39, 0.29) is 62.7 Å². The van der Waals surface area contributed by atoms with Gasteiger partial charge in [-0.15, -0.1) is 0 Å². The van der Waals surface area contributed by atoms with Gasteiger partial charge in [-0.1, -0.05) is 0 Å². The second kappa shape index (κ2) is 19.7. The fourth-order valence-electron chi connectivity index (χ4n) is 0. The molecule has 4 heteroatoms. The first-order chi connectivity index (χ1) is 0. The van der Waals surface area contributed by atoms with Gasteiger partial charge >= 0.3 is 0 Å². The fourth-order valence-corrected chi connectivity index (χ4v) is 0. The molecular weight excluding hydrogens is 249 g/mol. The average molecular weight is 252 g/mol. The Balaban J connectivity index is 0. The molecule has 0 amide bonds. The molecule has 0 aromatic heterocycles. The fraction of sp³-hybridized carbons (Fsp3) is 0. The van der Waals surface area contributed by atoms with Crippen LogP contribution in [0.15, 0.2) is 0 Å². The van der Waals surface area contributed by atoms with E-state index in [0.29, 0.717) is 0 Å². The topological polar surface area (TPSA) is 0 Å². The van der Waals surface area contributed by atoms with E-state index in [0.717, 1.165) is 0 Å². The first-order valence-electron chi connectivity index (χ1n) is 0. The molecule has 0 rings (SSSR count). The van der Waals surface area contributed by atoms with Crippen molar-refractivity contribution < 1.29 is 0 Å². The van der Waals surface area contributed by atoms with E-state index in [2.05, 4.69) is 0 Å².